The minimum Gasteiger partial charge on any atom is -0.348 e. The number of hydrogen-bond acceptors (Lipinski definition) is 3. The van der Waals surface area contributed by atoms with Crippen LogP contribution in [0.4, 0.5) is 4.79 Å². The van der Waals surface area contributed by atoms with Crippen molar-refractivity contribution in [3.05, 3.63) is 58.4 Å². The van der Waals surface area contributed by atoms with Crippen LogP contribution in [0, 0.1) is 13.8 Å². The van der Waals surface area contributed by atoms with Gasteiger partial charge in [-0.1, -0.05) is 31.2 Å². The highest BCUT2D eigenvalue weighted by Crippen LogP contribution is 2.39. The number of aromatic nitrogens is 1. The molecular weight excluding hydrogens is 378 g/mol. The van der Waals surface area contributed by atoms with Crippen LogP contribution in [0.3, 0.4) is 0 Å². The van der Waals surface area contributed by atoms with Crippen molar-refractivity contribution in [1.82, 2.24) is 14.8 Å². The van der Waals surface area contributed by atoms with Gasteiger partial charge in [0, 0.05) is 23.5 Å². The van der Waals surface area contributed by atoms with Gasteiger partial charge >= 0.3 is 6.03 Å². The average Bonchev–Trinajstić information content (AvgIpc) is 3.05. The Kier molecular flexibility index (Phi) is 5.26. The molecule has 1 fully saturated rings. The lowest BCUT2D eigenvalue weighted by Crippen LogP contribution is -2.44. The van der Waals surface area contributed by atoms with Crippen molar-refractivity contribution in [3.63, 3.8) is 0 Å². The predicted octanol–water partition coefficient (Wildman–Crippen LogP) is 3.87. The molecule has 1 atom stereocenters. The third kappa shape index (κ3) is 3.15. The summed E-state index contributed by atoms with van der Waals surface area (Å²) in [5.41, 5.74) is 3.41. The molecule has 2 heterocycles. The van der Waals surface area contributed by atoms with Gasteiger partial charge in [0.25, 0.3) is 5.91 Å². The first-order valence-corrected chi connectivity index (χ1v) is 10.8. The van der Waals surface area contributed by atoms with E-state index in [2.05, 4.69) is 16.8 Å². The molecule has 1 spiro atoms. The lowest BCUT2D eigenvalue weighted by molar-refractivity contribution is -0.131. The van der Waals surface area contributed by atoms with Gasteiger partial charge in [-0.2, -0.15) is 0 Å². The average molecular weight is 408 g/mol. The molecule has 6 nitrogen and oxygen atoms in total. The molecule has 2 aromatic rings. The number of nitrogens with one attached hydrogen (secondary N) is 1. The molecule has 0 saturated carbocycles. The fraction of sp³-hybridized carbons (Fsp3) is 0.458. The third-order valence-electron chi connectivity index (χ3n) is 6.52. The summed E-state index contributed by atoms with van der Waals surface area (Å²) in [6, 6.07) is 9.21. The second kappa shape index (κ2) is 7.74. The van der Waals surface area contributed by atoms with Crippen LogP contribution in [-0.4, -0.2) is 33.7 Å². The minimum atomic E-state index is -1.05. The van der Waals surface area contributed by atoms with Crippen LogP contribution in [0.2, 0.25) is 0 Å². The Morgan fingerprint density at radius 1 is 1.17 bits per heavy atom. The Hall–Kier alpha value is -2.89. The molecular formula is C24H29N3O3. The molecule has 0 bridgehead atoms. The Bertz CT molecular complexity index is 1020. The van der Waals surface area contributed by atoms with Crippen LogP contribution in [0.25, 0.3) is 0 Å². The maximum Gasteiger partial charge on any atom is 0.325 e. The summed E-state index contributed by atoms with van der Waals surface area (Å²) in [7, 11) is 0. The molecule has 1 aromatic heterocycles. The largest absolute Gasteiger partial charge is 0.348 e. The number of ketones is 1. The van der Waals surface area contributed by atoms with E-state index in [4.69, 9.17) is 0 Å². The molecule has 2 aliphatic rings. The standard InChI is InChI=1S/C24H29N3O3/c1-4-13-26-16(2)14-19(17(26)3)21(28)15-27-22(29)24(25-23(27)30)12-8-7-10-18-9-5-6-11-20(18)24/h5-6,9,11,14H,4,7-8,10,12-13,15H2,1-3H3,(H,25,30). The van der Waals surface area contributed by atoms with Crippen LogP contribution >= 0.6 is 0 Å². The van der Waals surface area contributed by atoms with Crippen molar-refractivity contribution in [1.29, 1.82) is 0 Å². The van der Waals surface area contributed by atoms with Crippen molar-refractivity contribution in [2.24, 2.45) is 0 Å². The highest BCUT2D eigenvalue weighted by atomic mass is 16.2. The Labute approximate surface area is 177 Å². The van der Waals surface area contributed by atoms with Gasteiger partial charge in [-0.25, -0.2) is 4.79 Å². The monoisotopic (exact) mass is 407 g/mol. The number of hydrogen-bond donors (Lipinski definition) is 1. The zero-order valence-electron chi connectivity index (χ0n) is 18.0. The molecule has 1 aliphatic heterocycles. The second-order valence-electron chi connectivity index (χ2n) is 8.45. The van der Waals surface area contributed by atoms with E-state index in [1.54, 1.807) is 0 Å². The number of nitrogens with zero attached hydrogens (tertiary/aromatic N) is 2. The van der Waals surface area contributed by atoms with Crippen molar-refractivity contribution < 1.29 is 14.4 Å². The molecule has 4 rings (SSSR count). The Morgan fingerprint density at radius 3 is 2.70 bits per heavy atom. The molecule has 1 saturated heterocycles. The van der Waals surface area contributed by atoms with E-state index >= 15 is 0 Å². The molecule has 0 radical (unpaired) electrons. The molecule has 1 aliphatic carbocycles. The summed E-state index contributed by atoms with van der Waals surface area (Å²) >= 11 is 0. The zero-order chi connectivity index (χ0) is 21.5. The van der Waals surface area contributed by atoms with E-state index in [-0.39, 0.29) is 18.2 Å². The van der Waals surface area contributed by atoms with E-state index in [0.29, 0.717) is 12.0 Å². The SMILES string of the molecule is CCCn1c(C)cc(C(=O)CN2C(=O)NC3(CCCCc4ccccc43)C2=O)c1C. The Balaban J connectivity index is 1.63. The van der Waals surface area contributed by atoms with Crippen LogP contribution in [-0.2, 0) is 23.3 Å². The number of aryl methyl sites for hydroxylation is 2. The second-order valence-corrected chi connectivity index (χ2v) is 8.45. The number of amides is 3. The summed E-state index contributed by atoms with van der Waals surface area (Å²) in [6.07, 6.45) is 4.25. The van der Waals surface area contributed by atoms with Crippen LogP contribution in [0.15, 0.2) is 30.3 Å². The van der Waals surface area contributed by atoms with Gasteiger partial charge in [-0.3, -0.25) is 14.5 Å². The summed E-state index contributed by atoms with van der Waals surface area (Å²) in [5, 5.41) is 2.95. The van der Waals surface area contributed by atoms with Crippen LogP contribution in [0.1, 0.15) is 65.5 Å². The number of Topliss-reactive ketones (excluding diaryl/α,β-unsaturated/α-hetero) is 1. The number of urea groups is 1. The van der Waals surface area contributed by atoms with Gasteiger partial charge in [-0.15, -0.1) is 0 Å². The summed E-state index contributed by atoms with van der Waals surface area (Å²) in [5.74, 6) is -0.509. The molecule has 3 amide bonds. The maximum absolute atomic E-state index is 13.5. The topological polar surface area (TPSA) is 71.4 Å². The Morgan fingerprint density at radius 2 is 1.93 bits per heavy atom. The molecule has 30 heavy (non-hydrogen) atoms. The van der Waals surface area contributed by atoms with Gasteiger partial charge in [-0.05, 0) is 63.1 Å². The number of carbonyl (C=O) groups excluding carboxylic acids is 3. The number of carbonyl (C=O) groups is 3. The number of benzene rings is 1. The molecule has 1 aromatic carbocycles. The number of rotatable bonds is 5. The normalized spacial score (nSPS) is 21.0. The lowest BCUT2D eigenvalue weighted by Gasteiger charge is -2.27. The zero-order valence-corrected chi connectivity index (χ0v) is 18.0. The quantitative estimate of drug-likeness (QED) is 0.604. The van der Waals surface area contributed by atoms with Crippen molar-refractivity contribution in [3.8, 4) is 0 Å². The van der Waals surface area contributed by atoms with E-state index < -0.39 is 11.6 Å². The number of imide groups is 1. The van der Waals surface area contributed by atoms with Crippen LogP contribution in [0.5, 0.6) is 0 Å². The van der Waals surface area contributed by atoms with Gasteiger partial charge < -0.3 is 9.88 Å². The molecule has 1 unspecified atom stereocenters. The van der Waals surface area contributed by atoms with Crippen molar-refractivity contribution in [2.45, 2.75) is 65.0 Å². The highest BCUT2D eigenvalue weighted by Gasteiger charge is 2.53. The van der Waals surface area contributed by atoms with E-state index in [1.807, 2.05) is 44.2 Å². The van der Waals surface area contributed by atoms with Gasteiger partial charge in [0.1, 0.15) is 5.54 Å². The van der Waals surface area contributed by atoms with E-state index in [0.717, 1.165) is 59.6 Å². The van der Waals surface area contributed by atoms with Crippen molar-refractivity contribution >= 4 is 17.7 Å². The van der Waals surface area contributed by atoms with E-state index in [1.165, 1.54) is 0 Å². The maximum atomic E-state index is 13.5. The highest BCUT2D eigenvalue weighted by molar-refractivity contribution is 6.11. The molecule has 1 N–H and O–H groups in total. The first kappa shape index (κ1) is 20.4. The van der Waals surface area contributed by atoms with E-state index in [9.17, 15) is 14.4 Å². The van der Waals surface area contributed by atoms with Gasteiger partial charge in [0.05, 0.1) is 6.54 Å². The van der Waals surface area contributed by atoms with Gasteiger partial charge in [0.15, 0.2) is 5.78 Å². The summed E-state index contributed by atoms with van der Waals surface area (Å²) < 4.78 is 2.11. The van der Waals surface area contributed by atoms with Crippen LogP contribution < -0.4 is 5.32 Å². The summed E-state index contributed by atoms with van der Waals surface area (Å²) in [4.78, 5) is 40.6. The fourth-order valence-electron chi connectivity index (χ4n) is 5.00. The lowest BCUT2D eigenvalue weighted by atomic mass is 9.84. The predicted molar refractivity (Wildman–Crippen MR) is 114 cm³/mol. The fourth-order valence-corrected chi connectivity index (χ4v) is 5.00. The summed E-state index contributed by atoms with van der Waals surface area (Å²) in [6.45, 7) is 6.60. The third-order valence-corrected chi connectivity index (χ3v) is 6.52. The minimum absolute atomic E-state index is 0.201. The van der Waals surface area contributed by atoms with Crippen molar-refractivity contribution in [2.75, 3.05) is 6.54 Å². The molecule has 158 valence electrons. The first-order chi connectivity index (χ1) is 14.4. The number of fused-ring (bicyclic) bond motifs is 2. The first-order valence-electron chi connectivity index (χ1n) is 10.8. The smallest absolute Gasteiger partial charge is 0.325 e. The van der Waals surface area contributed by atoms with Gasteiger partial charge in [0.2, 0.25) is 0 Å². The molecule has 6 heteroatoms.